The quantitative estimate of drug-likeness (QED) is 0.867. The van der Waals surface area contributed by atoms with E-state index in [4.69, 9.17) is 0 Å². The second-order valence-electron chi connectivity index (χ2n) is 4.16. The summed E-state index contributed by atoms with van der Waals surface area (Å²) in [6.07, 6.45) is -0.890. The van der Waals surface area contributed by atoms with Crippen LogP contribution in [-0.4, -0.2) is 10.1 Å². The summed E-state index contributed by atoms with van der Waals surface area (Å²) in [5, 5.41) is 9.74. The summed E-state index contributed by atoms with van der Waals surface area (Å²) in [5.41, 5.74) is -0.891. The number of alkyl halides is 3. The smallest absolute Gasteiger partial charge is 0.388 e. The number of halogens is 3. The van der Waals surface area contributed by atoms with Crippen molar-refractivity contribution in [3.63, 3.8) is 0 Å². The highest BCUT2D eigenvalue weighted by Crippen LogP contribution is 2.40. The highest BCUT2D eigenvalue weighted by molar-refractivity contribution is 5.28. The van der Waals surface area contributed by atoms with Gasteiger partial charge in [-0.2, -0.15) is 13.2 Å². The molecule has 0 amide bonds. The molecule has 0 aromatic carbocycles. The van der Waals surface area contributed by atoms with Crippen LogP contribution in [0.2, 0.25) is 0 Å². The normalized spacial score (nSPS) is 18.5. The fraction of sp³-hybridized carbons (Fsp3) is 0.545. The average molecular weight is 231 g/mol. The van der Waals surface area contributed by atoms with E-state index in [1.165, 1.54) is 0 Å². The van der Waals surface area contributed by atoms with Gasteiger partial charge in [-0.3, -0.25) is 4.98 Å². The van der Waals surface area contributed by atoms with Crippen molar-refractivity contribution in [1.29, 1.82) is 0 Å². The predicted molar refractivity (Wildman–Crippen MR) is 51.5 cm³/mol. The molecule has 1 saturated carbocycles. The summed E-state index contributed by atoms with van der Waals surface area (Å²) in [5.74, 6) is 0.372. The highest BCUT2D eigenvalue weighted by Gasteiger charge is 2.36. The van der Waals surface area contributed by atoms with Crippen molar-refractivity contribution in [3.05, 3.63) is 29.6 Å². The monoisotopic (exact) mass is 231 g/mol. The van der Waals surface area contributed by atoms with Crippen LogP contribution in [0.5, 0.6) is 0 Å². The van der Waals surface area contributed by atoms with Gasteiger partial charge in [-0.25, -0.2) is 0 Å². The van der Waals surface area contributed by atoms with Crippen LogP contribution in [0, 0.1) is 5.92 Å². The largest absolute Gasteiger partial charge is 0.416 e. The molecule has 1 aliphatic carbocycles. The number of rotatable bonds is 3. The minimum absolute atomic E-state index is 0.109. The fourth-order valence-corrected chi connectivity index (χ4v) is 1.73. The highest BCUT2D eigenvalue weighted by atomic mass is 19.4. The molecular formula is C11H12F3NO. The molecule has 1 heterocycles. The van der Waals surface area contributed by atoms with Crippen LogP contribution in [0.3, 0.4) is 0 Å². The molecule has 1 N–H and O–H groups in total. The Bertz CT molecular complexity index is 374. The predicted octanol–water partition coefficient (Wildman–Crippen LogP) is 2.93. The van der Waals surface area contributed by atoms with E-state index in [-0.39, 0.29) is 5.56 Å². The van der Waals surface area contributed by atoms with Crippen LogP contribution in [0.1, 0.15) is 36.5 Å². The Kier molecular flexibility index (Phi) is 2.88. The van der Waals surface area contributed by atoms with Crippen LogP contribution in [0.25, 0.3) is 0 Å². The Morgan fingerprint density at radius 2 is 2.12 bits per heavy atom. The van der Waals surface area contributed by atoms with Gasteiger partial charge in [-0.1, -0.05) is 12.8 Å². The maximum Gasteiger partial charge on any atom is 0.416 e. The van der Waals surface area contributed by atoms with Gasteiger partial charge in [-0.05, 0) is 18.4 Å². The number of pyridine rings is 1. The van der Waals surface area contributed by atoms with Gasteiger partial charge in [0.1, 0.15) is 0 Å². The van der Waals surface area contributed by atoms with E-state index in [2.05, 4.69) is 4.98 Å². The molecule has 88 valence electrons. The first-order valence-electron chi connectivity index (χ1n) is 5.17. The van der Waals surface area contributed by atoms with Crippen molar-refractivity contribution in [2.24, 2.45) is 5.92 Å². The Morgan fingerprint density at radius 3 is 2.69 bits per heavy atom. The first kappa shape index (κ1) is 11.4. The summed E-state index contributed by atoms with van der Waals surface area (Å²) >= 11 is 0. The first-order valence-corrected chi connectivity index (χ1v) is 5.17. The molecule has 1 unspecified atom stereocenters. The van der Waals surface area contributed by atoms with Gasteiger partial charge < -0.3 is 5.11 Å². The molecule has 1 atom stereocenters. The number of hydrogen-bond acceptors (Lipinski definition) is 2. The molecule has 0 aliphatic heterocycles. The van der Waals surface area contributed by atoms with Gasteiger partial charge >= 0.3 is 6.18 Å². The lowest BCUT2D eigenvalue weighted by atomic mass is 10.0. The van der Waals surface area contributed by atoms with Gasteiger partial charge in [0.05, 0.1) is 11.7 Å². The van der Waals surface area contributed by atoms with E-state index in [9.17, 15) is 18.3 Å². The first-order chi connectivity index (χ1) is 7.48. The lowest BCUT2D eigenvalue weighted by molar-refractivity contribution is -0.139. The van der Waals surface area contributed by atoms with Gasteiger partial charge in [0.15, 0.2) is 0 Å². The molecule has 0 bridgehead atoms. The SMILES string of the molecule is OC(CC1CC1)c1cnccc1C(F)(F)F. The second kappa shape index (κ2) is 4.05. The Morgan fingerprint density at radius 1 is 1.44 bits per heavy atom. The Hall–Kier alpha value is -1.10. The standard InChI is InChI=1S/C11H12F3NO/c12-11(13,14)9-3-4-15-6-8(9)10(16)5-7-1-2-7/h3-4,6-7,10,16H,1-2,5H2. The average Bonchev–Trinajstić information content (AvgIpc) is 3.00. The fourth-order valence-electron chi connectivity index (χ4n) is 1.73. The molecule has 2 rings (SSSR count). The maximum absolute atomic E-state index is 12.6. The summed E-state index contributed by atoms with van der Waals surface area (Å²) in [6.45, 7) is 0. The Labute approximate surface area is 91.1 Å². The lowest BCUT2D eigenvalue weighted by Gasteiger charge is -2.16. The van der Waals surface area contributed by atoms with Gasteiger partial charge in [0.2, 0.25) is 0 Å². The number of nitrogens with zero attached hydrogens (tertiary/aromatic N) is 1. The molecule has 1 aliphatic rings. The number of aliphatic hydroxyl groups excluding tert-OH is 1. The van der Waals surface area contributed by atoms with Gasteiger partial charge in [0.25, 0.3) is 0 Å². The summed E-state index contributed by atoms with van der Waals surface area (Å²) in [4.78, 5) is 3.65. The van der Waals surface area contributed by atoms with E-state index in [0.717, 1.165) is 31.3 Å². The third kappa shape index (κ3) is 2.52. The summed E-state index contributed by atoms with van der Waals surface area (Å²) < 4.78 is 37.9. The molecule has 1 aromatic rings. The van der Waals surface area contributed by atoms with Crippen molar-refractivity contribution in [2.75, 3.05) is 0 Å². The van der Waals surface area contributed by atoms with Crippen molar-refractivity contribution in [2.45, 2.75) is 31.5 Å². The topological polar surface area (TPSA) is 33.1 Å². The number of aliphatic hydroxyl groups is 1. The number of aromatic nitrogens is 1. The minimum atomic E-state index is -4.43. The minimum Gasteiger partial charge on any atom is -0.388 e. The third-order valence-corrected chi connectivity index (χ3v) is 2.77. The second-order valence-corrected chi connectivity index (χ2v) is 4.16. The van der Waals surface area contributed by atoms with E-state index in [1.807, 2.05) is 0 Å². The van der Waals surface area contributed by atoms with Crippen LogP contribution < -0.4 is 0 Å². The number of hydrogen-bond donors (Lipinski definition) is 1. The maximum atomic E-state index is 12.6. The Balaban J connectivity index is 2.24. The zero-order chi connectivity index (χ0) is 11.8. The van der Waals surface area contributed by atoms with Crippen LogP contribution in [-0.2, 0) is 6.18 Å². The molecule has 2 nitrogen and oxygen atoms in total. The van der Waals surface area contributed by atoms with Crippen LogP contribution >= 0.6 is 0 Å². The summed E-state index contributed by atoms with van der Waals surface area (Å²) in [7, 11) is 0. The molecule has 16 heavy (non-hydrogen) atoms. The van der Waals surface area contributed by atoms with Gasteiger partial charge in [0, 0.05) is 18.0 Å². The summed E-state index contributed by atoms with van der Waals surface area (Å²) in [6, 6.07) is 0.908. The van der Waals surface area contributed by atoms with Crippen LogP contribution in [0.15, 0.2) is 18.5 Å². The molecule has 0 radical (unpaired) electrons. The van der Waals surface area contributed by atoms with E-state index < -0.39 is 17.8 Å². The van der Waals surface area contributed by atoms with Crippen LogP contribution in [0.4, 0.5) is 13.2 Å². The van der Waals surface area contributed by atoms with E-state index in [0.29, 0.717) is 12.3 Å². The molecule has 5 heteroatoms. The van der Waals surface area contributed by atoms with E-state index >= 15 is 0 Å². The molecule has 1 aromatic heterocycles. The lowest BCUT2D eigenvalue weighted by Crippen LogP contribution is -2.12. The van der Waals surface area contributed by atoms with Crippen molar-refractivity contribution in [3.8, 4) is 0 Å². The van der Waals surface area contributed by atoms with Crippen molar-refractivity contribution < 1.29 is 18.3 Å². The van der Waals surface area contributed by atoms with E-state index in [1.54, 1.807) is 0 Å². The molecule has 0 spiro atoms. The third-order valence-electron chi connectivity index (χ3n) is 2.77. The molecule has 1 fully saturated rings. The zero-order valence-corrected chi connectivity index (χ0v) is 8.54. The van der Waals surface area contributed by atoms with Gasteiger partial charge in [-0.15, -0.1) is 0 Å². The molecular weight excluding hydrogens is 219 g/mol. The van der Waals surface area contributed by atoms with Crippen molar-refractivity contribution in [1.82, 2.24) is 4.98 Å². The zero-order valence-electron chi connectivity index (χ0n) is 8.54. The van der Waals surface area contributed by atoms with Crippen molar-refractivity contribution >= 4 is 0 Å². The molecule has 0 saturated heterocycles.